The van der Waals surface area contributed by atoms with Crippen LogP contribution in [0.1, 0.15) is 65.3 Å². The third kappa shape index (κ3) is 3.79. The highest BCUT2D eigenvalue weighted by atomic mass is 16.5. The van der Waals surface area contributed by atoms with Crippen molar-refractivity contribution in [1.29, 1.82) is 0 Å². The number of carboxylic acids is 1. The number of carbonyl (C=O) groups is 2. The average Bonchev–Trinajstić information content (AvgIpc) is 3.18. The largest absolute Gasteiger partial charge is 0.496 e. The third-order valence-electron chi connectivity index (χ3n) is 8.81. The van der Waals surface area contributed by atoms with Crippen molar-refractivity contribution in [2.75, 3.05) is 13.7 Å². The number of nitrogens with zero attached hydrogens (tertiary/aromatic N) is 1. The molecule has 6 nitrogen and oxygen atoms in total. The Morgan fingerprint density at radius 3 is 2.77 bits per heavy atom. The van der Waals surface area contributed by atoms with Crippen LogP contribution < -0.4 is 10.1 Å². The zero-order chi connectivity index (χ0) is 24.4. The highest BCUT2D eigenvalue weighted by molar-refractivity contribution is 5.98. The summed E-state index contributed by atoms with van der Waals surface area (Å²) < 4.78 is 7.36. The average molecular weight is 473 g/mol. The molecule has 6 heteroatoms. The second-order valence-corrected chi connectivity index (χ2v) is 11.4. The van der Waals surface area contributed by atoms with Crippen LogP contribution in [0, 0.1) is 22.7 Å². The molecular weight excluding hydrogens is 440 g/mol. The molecule has 1 heterocycles. The lowest BCUT2D eigenvalue weighted by Gasteiger charge is -2.40. The van der Waals surface area contributed by atoms with Crippen LogP contribution >= 0.6 is 0 Å². The van der Waals surface area contributed by atoms with Gasteiger partial charge in [0.25, 0.3) is 5.91 Å². The number of rotatable bonds is 7. The summed E-state index contributed by atoms with van der Waals surface area (Å²) in [6.07, 6.45) is 8.63. The Morgan fingerprint density at radius 1 is 1.11 bits per heavy atom. The second-order valence-electron chi connectivity index (χ2n) is 11.4. The molecule has 3 saturated carbocycles. The Morgan fingerprint density at radius 2 is 1.97 bits per heavy atom. The predicted molar refractivity (Wildman–Crippen MR) is 134 cm³/mol. The number of carbonyl (C=O) groups excluding carboxylic acids is 1. The van der Waals surface area contributed by atoms with Crippen molar-refractivity contribution in [2.45, 2.75) is 45.6 Å². The Bertz CT molecular complexity index is 1340. The highest BCUT2D eigenvalue weighted by Gasteiger charge is 2.67. The van der Waals surface area contributed by atoms with Crippen LogP contribution in [0.25, 0.3) is 10.9 Å². The van der Waals surface area contributed by atoms with Crippen LogP contribution in [0.15, 0.2) is 48.7 Å². The monoisotopic (exact) mass is 472 g/mol. The third-order valence-corrected chi connectivity index (χ3v) is 8.81. The first-order valence-corrected chi connectivity index (χ1v) is 12.6. The van der Waals surface area contributed by atoms with E-state index in [0.717, 1.165) is 34.8 Å². The Hall–Kier alpha value is -3.28. The maximum atomic E-state index is 13.1. The zero-order valence-corrected chi connectivity index (χ0v) is 20.3. The van der Waals surface area contributed by atoms with E-state index in [4.69, 9.17) is 4.74 Å². The van der Waals surface area contributed by atoms with Gasteiger partial charge < -0.3 is 19.7 Å². The number of aromatic carboxylic acids is 1. The van der Waals surface area contributed by atoms with Gasteiger partial charge in [-0.25, -0.2) is 4.79 Å². The van der Waals surface area contributed by atoms with Crippen LogP contribution in [0.5, 0.6) is 5.75 Å². The van der Waals surface area contributed by atoms with E-state index < -0.39 is 5.97 Å². The number of amides is 1. The summed E-state index contributed by atoms with van der Waals surface area (Å²) in [5.41, 5.74) is 3.74. The van der Waals surface area contributed by atoms with E-state index in [1.54, 1.807) is 12.1 Å². The molecule has 3 fully saturated rings. The van der Waals surface area contributed by atoms with E-state index in [2.05, 4.69) is 16.8 Å². The van der Waals surface area contributed by atoms with Gasteiger partial charge in [-0.3, -0.25) is 4.79 Å². The second kappa shape index (κ2) is 7.87. The number of ether oxygens (including phenoxy) is 1. The van der Waals surface area contributed by atoms with Crippen LogP contribution in [-0.4, -0.2) is 35.2 Å². The number of benzene rings is 2. The quantitative estimate of drug-likeness (QED) is 0.486. The molecule has 3 aromatic rings. The maximum absolute atomic E-state index is 13.1. The summed E-state index contributed by atoms with van der Waals surface area (Å²) in [5, 5.41) is 13.6. The number of nitrogens with one attached hydrogen (secondary N) is 1. The molecule has 182 valence electrons. The van der Waals surface area contributed by atoms with Gasteiger partial charge in [0.2, 0.25) is 0 Å². The topological polar surface area (TPSA) is 80.6 Å². The van der Waals surface area contributed by atoms with Crippen molar-refractivity contribution < 1.29 is 19.4 Å². The molecule has 0 aliphatic heterocycles. The Labute approximate surface area is 205 Å². The molecule has 0 radical (unpaired) electrons. The molecule has 4 unspecified atom stereocenters. The van der Waals surface area contributed by atoms with Gasteiger partial charge in [-0.15, -0.1) is 0 Å². The van der Waals surface area contributed by atoms with Crippen molar-refractivity contribution in [3.8, 4) is 5.75 Å². The van der Waals surface area contributed by atoms with Crippen molar-refractivity contribution in [3.63, 3.8) is 0 Å². The smallest absolute Gasteiger partial charge is 0.339 e. The summed E-state index contributed by atoms with van der Waals surface area (Å²) in [6.45, 7) is 3.75. The highest BCUT2D eigenvalue weighted by Crippen LogP contribution is 2.75. The molecule has 1 amide bonds. The summed E-state index contributed by atoms with van der Waals surface area (Å²) >= 11 is 0. The minimum Gasteiger partial charge on any atom is -0.496 e. The van der Waals surface area contributed by atoms with Crippen molar-refractivity contribution >= 4 is 22.8 Å². The van der Waals surface area contributed by atoms with E-state index in [0.29, 0.717) is 28.7 Å². The van der Waals surface area contributed by atoms with Gasteiger partial charge in [0, 0.05) is 35.8 Å². The molecule has 6 rings (SSSR count). The Balaban J connectivity index is 1.16. The molecule has 35 heavy (non-hydrogen) atoms. The lowest BCUT2D eigenvalue weighted by Crippen LogP contribution is -2.40. The SMILES string of the molecule is COc1cc(Cn2ccc3cc(C(=O)NCC45CC(C)CC6(CC6C4)C5)ccc32)ccc1C(=O)O. The Kier molecular flexibility index (Phi) is 4.99. The first kappa shape index (κ1) is 22.2. The maximum Gasteiger partial charge on any atom is 0.339 e. The first-order chi connectivity index (χ1) is 16.8. The van der Waals surface area contributed by atoms with Crippen molar-refractivity contribution in [1.82, 2.24) is 9.88 Å². The molecule has 2 N–H and O–H groups in total. The van der Waals surface area contributed by atoms with E-state index in [-0.39, 0.29) is 11.5 Å². The minimum absolute atomic E-state index is 0.0101. The lowest BCUT2D eigenvalue weighted by atomic mass is 9.67. The van der Waals surface area contributed by atoms with Crippen LogP contribution in [0.4, 0.5) is 0 Å². The fourth-order valence-corrected chi connectivity index (χ4v) is 7.52. The van der Waals surface area contributed by atoms with Crippen LogP contribution in [0.2, 0.25) is 0 Å². The molecule has 1 aromatic heterocycles. The van der Waals surface area contributed by atoms with Crippen molar-refractivity contribution in [2.24, 2.45) is 22.7 Å². The van der Waals surface area contributed by atoms with Gasteiger partial charge in [0.05, 0.1) is 7.11 Å². The van der Waals surface area contributed by atoms with Gasteiger partial charge in [-0.2, -0.15) is 0 Å². The van der Waals surface area contributed by atoms with Gasteiger partial charge in [0.15, 0.2) is 0 Å². The van der Waals surface area contributed by atoms with Crippen LogP contribution in [-0.2, 0) is 6.54 Å². The molecule has 0 saturated heterocycles. The van der Waals surface area contributed by atoms with Gasteiger partial charge in [-0.1, -0.05) is 13.0 Å². The van der Waals surface area contributed by atoms with E-state index >= 15 is 0 Å². The molecular formula is C29H32N2O4. The molecule has 4 atom stereocenters. The molecule has 3 aliphatic rings. The molecule has 2 aromatic carbocycles. The van der Waals surface area contributed by atoms with E-state index in [1.165, 1.54) is 39.2 Å². The molecule has 1 spiro atoms. The molecule has 3 aliphatic carbocycles. The van der Waals surface area contributed by atoms with Gasteiger partial charge in [-0.05, 0) is 96.7 Å². The number of fused-ring (bicyclic) bond motifs is 2. The minimum atomic E-state index is -1.01. The first-order valence-electron chi connectivity index (χ1n) is 12.6. The van der Waals surface area contributed by atoms with Crippen LogP contribution in [0.3, 0.4) is 0 Å². The van der Waals surface area contributed by atoms with E-state index in [9.17, 15) is 14.7 Å². The lowest BCUT2D eigenvalue weighted by molar-refractivity contribution is 0.0693. The van der Waals surface area contributed by atoms with Gasteiger partial charge >= 0.3 is 5.97 Å². The summed E-state index contributed by atoms with van der Waals surface area (Å²) in [6, 6.07) is 13.0. The summed E-state index contributed by atoms with van der Waals surface area (Å²) in [4.78, 5) is 24.4. The predicted octanol–water partition coefficient (Wildman–Crippen LogP) is 5.34. The number of hydrogen-bond acceptors (Lipinski definition) is 3. The molecule has 2 bridgehead atoms. The number of aromatic nitrogens is 1. The number of methoxy groups -OCH3 is 1. The number of hydrogen-bond donors (Lipinski definition) is 2. The standard InChI is InChI=1S/C29H32N2O4/c1-18-11-28(13-22-14-29(22,12-18)16-28)17-30-26(32)21-4-6-24-20(10-21)7-8-31(24)15-19-3-5-23(27(33)34)25(9-19)35-2/h3-10,18,22H,11-17H2,1-2H3,(H,30,32)(H,33,34). The van der Waals surface area contributed by atoms with Crippen molar-refractivity contribution in [3.05, 3.63) is 65.4 Å². The van der Waals surface area contributed by atoms with E-state index in [1.807, 2.05) is 36.5 Å². The number of carboxylic acid groups (broad SMARTS) is 1. The zero-order valence-electron chi connectivity index (χ0n) is 20.3. The summed E-state index contributed by atoms with van der Waals surface area (Å²) in [7, 11) is 1.48. The fourth-order valence-electron chi connectivity index (χ4n) is 7.52. The normalized spacial score (nSPS) is 28.5. The van der Waals surface area contributed by atoms with Gasteiger partial charge in [0.1, 0.15) is 11.3 Å². The fraction of sp³-hybridized carbons (Fsp3) is 0.448. The summed E-state index contributed by atoms with van der Waals surface area (Å²) in [5.74, 6) is 1.02.